The van der Waals surface area contributed by atoms with E-state index in [-0.39, 0.29) is 11.8 Å². The molecule has 0 N–H and O–H groups in total. The van der Waals surface area contributed by atoms with Crippen molar-refractivity contribution >= 4 is 23.2 Å². The SMILES string of the molecule is Cc1ccc2c(c1)C(=O)N1CCN2C(=O)c2cc(C)ccc21. The summed E-state index contributed by atoms with van der Waals surface area (Å²) in [5.41, 5.74) is 4.69. The van der Waals surface area contributed by atoms with E-state index < -0.39 is 0 Å². The van der Waals surface area contributed by atoms with Gasteiger partial charge in [0.05, 0.1) is 22.5 Å². The summed E-state index contributed by atoms with van der Waals surface area (Å²) in [5.74, 6) is -0.0578. The normalized spacial score (nSPS) is 16.3. The molecule has 0 aliphatic carbocycles. The van der Waals surface area contributed by atoms with Crippen molar-refractivity contribution in [3.63, 3.8) is 0 Å². The van der Waals surface area contributed by atoms with Crippen LogP contribution in [0.15, 0.2) is 36.4 Å². The van der Waals surface area contributed by atoms with Crippen LogP contribution in [0.5, 0.6) is 0 Å². The number of hydrogen-bond acceptors (Lipinski definition) is 2. The monoisotopic (exact) mass is 292 g/mol. The van der Waals surface area contributed by atoms with Crippen LogP contribution in [0.4, 0.5) is 11.4 Å². The highest BCUT2D eigenvalue weighted by Gasteiger charge is 2.36. The molecular weight excluding hydrogens is 276 g/mol. The second-order valence-corrected chi connectivity index (χ2v) is 5.95. The summed E-state index contributed by atoms with van der Waals surface area (Å²) in [7, 11) is 0. The van der Waals surface area contributed by atoms with Crippen LogP contribution in [0.1, 0.15) is 31.8 Å². The number of nitrogens with zero attached hydrogens (tertiary/aromatic N) is 2. The van der Waals surface area contributed by atoms with Gasteiger partial charge in [0.25, 0.3) is 11.8 Å². The molecule has 0 radical (unpaired) electrons. The summed E-state index contributed by atoms with van der Waals surface area (Å²) in [6.07, 6.45) is 0. The molecule has 2 aromatic carbocycles. The highest BCUT2D eigenvalue weighted by Crippen LogP contribution is 2.36. The van der Waals surface area contributed by atoms with E-state index in [1.54, 1.807) is 9.80 Å². The van der Waals surface area contributed by atoms with Gasteiger partial charge in [0.2, 0.25) is 0 Å². The summed E-state index contributed by atoms with van der Waals surface area (Å²) in [5, 5.41) is 0. The van der Waals surface area contributed by atoms with Gasteiger partial charge in [0.1, 0.15) is 0 Å². The third-order valence-corrected chi connectivity index (χ3v) is 4.38. The molecule has 2 aliphatic heterocycles. The number of hydrogen-bond donors (Lipinski definition) is 0. The molecule has 4 rings (SSSR count). The predicted molar refractivity (Wildman–Crippen MR) is 85.7 cm³/mol. The Bertz CT molecular complexity index is 756. The summed E-state index contributed by atoms with van der Waals surface area (Å²) in [6, 6.07) is 11.4. The van der Waals surface area contributed by atoms with Crippen LogP contribution >= 0.6 is 0 Å². The molecular formula is C18H16N2O2. The fourth-order valence-corrected chi connectivity index (χ4v) is 3.27. The lowest BCUT2D eigenvalue weighted by atomic mass is 10.0. The first-order valence-electron chi connectivity index (χ1n) is 7.41. The maximum Gasteiger partial charge on any atom is 0.260 e. The van der Waals surface area contributed by atoms with Crippen molar-refractivity contribution in [1.82, 2.24) is 0 Å². The lowest BCUT2D eigenvalue weighted by Crippen LogP contribution is -2.32. The van der Waals surface area contributed by atoms with E-state index >= 15 is 0 Å². The van der Waals surface area contributed by atoms with E-state index in [0.29, 0.717) is 24.2 Å². The molecule has 0 unspecified atom stereocenters. The van der Waals surface area contributed by atoms with E-state index in [4.69, 9.17) is 0 Å². The predicted octanol–water partition coefficient (Wildman–Crippen LogP) is 2.92. The van der Waals surface area contributed by atoms with E-state index in [2.05, 4.69) is 0 Å². The molecule has 0 atom stereocenters. The van der Waals surface area contributed by atoms with Gasteiger partial charge in [-0.05, 0) is 38.1 Å². The molecule has 110 valence electrons. The van der Waals surface area contributed by atoms with Gasteiger partial charge in [0.15, 0.2) is 0 Å². The average molecular weight is 292 g/mol. The van der Waals surface area contributed by atoms with Crippen LogP contribution < -0.4 is 9.80 Å². The quantitative estimate of drug-likeness (QED) is 0.749. The highest BCUT2D eigenvalue weighted by molar-refractivity contribution is 6.21. The van der Waals surface area contributed by atoms with Crippen LogP contribution in [0, 0.1) is 13.8 Å². The number of fused-ring (bicyclic) bond motifs is 7. The maximum atomic E-state index is 12.9. The van der Waals surface area contributed by atoms with Gasteiger partial charge in [-0.3, -0.25) is 9.59 Å². The standard InChI is InChI=1S/C18H16N2O2/c1-11-3-5-15-13(9-11)17(21)20-8-7-19(15)18(22)14-10-12(2)4-6-16(14)20/h3-6,9-10H,7-8H2,1-2H3. The van der Waals surface area contributed by atoms with Crippen LogP contribution in [-0.4, -0.2) is 24.9 Å². The number of carbonyl (C=O) groups excluding carboxylic acids is 2. The van der Waals surface area contributed by atoms with Crippen molar-refractivity contribution in [1.29, 1.82) is 0 Å². The molecule has 0 saturated heterocycles. The van der Waals surface area contributed by atoms with Crippen LogP contribution in [0.25, 0.3) is 0 Å². The van der Waals surface area contributed by atoms with Gasteiger partial charge in [-0.15, -0.1) is 0 Å². The minimum absolute atomic E-state index is 0.0289. The van der Waals surface area contributed by atoms with Gasteiger partial charge < -0.3 is 9.80 Å². The summed E-state index contributed by atoms with van der Waals surface area (Å²) < 4.78 is 0. The summed E-state index contributed by atoms with van der Waals surface area (Å²) >= 11 is 0. The number of aryl methyl sites for hydroxylation is 2. The molecule has 0 spiro atoms. The number of benzene rings is 2. The number of rotatable bonds is 0. The van der Waals surface area contributed by atoms with Crippen molar-refractivity contribution in [2.24, 2.45) is 0 Å². The van der Waals surface area contributed by atoms with Crippen molar-refractivity contribution in [3.05, 3.63) is 58.7 Å². The van der Waals surface area contributed by atoms with Crippen molar-refractivity contribution in [2.75, 3.05) is 22.9 Å². The second kappa shape index (κ2) is 4.44. The zero-order chi connectivity index (χ0) is 15.4. The van der Waals surface area contributed by atoms with Crippen LogP contribution in [0.2, 0.25) is 0 Å². The first-order chi connectivity index (χ1) is 10.6. The zero-order valence-electron chi connectivity index (χ0n) is 12.6. The fourth-order valence-electron chi connectivity index (χ4n) is 3.27. The first kappa shape index (κ1) is 13.1. The van der Waals surface area contributed by atoms with Crippen molar-refractivity contribution in [2.45, 2.75) is 13.8 Å². The van der Waals surface area contributed by atoms with Crippen molar-refractivity contribution < 1.29 is 9.59 Å². The topological polar surface area (TPSA) is 40.6 Å². The molecule has 2 aliphatic rings. The molecule has 4 heteroatoms. The number of amides is 2. The lowest BCUT2D eigenvalue weighted by molar-refractivity contribution is 0.0989. The zero-order valence-corrected chi connectivity index (χ0v) is 12.6. The third kappa shape index (κ3) is 1.70. The molecule has 0 aromatic heterocycles. The molecule has 2 aromatic rings. The molecule has 2 heterocycles. The molecule has 0 saturated carbocycles. The number of carbonyl (C=O) groups is 2. The minimum Gasteiger partial charge on any atom is -0.306 e. The number of anilines is 2. The largest absolute Gasteiger partial charge is 0.306 e. The minimum atomic E-state index is -0.0289. The van der Waals surface area contributed by atoms with Gasteiger partial charge in [0, 0.05) is 13.1 Å². The fraction of sp³-hybridized carbons (Fsp3) is 0.222. The van der Waals surface area contributed by atoms with E-state index in [1.807, 2.05) is 50.2 Å². The Hall–Kier alpha value is -2.62. The maximum absolute atomic E-state index is 12.9. The smallest absolute Gasteiger partial charge is 0.260 e. The van der Waals surface area contributed by atoms with Gasteiger partial charge in [-0.25, -0.2) is 0 Å². The highest BCUT2D eigenvalue weighted by atomic mass is 16.2. The third-order valence-electron chi connectivity index (χ3n) is 4.38. The van der Waals surface area contributed by atoms with Gasteiger partial charge in [-0.1, -0.05) is 23.3 Å². The van der Waals surface area contributed by atoms with E-state index in [9.17, 15) is 9.59 Å². The van der Waals surface area contributed by atoms with E-state index in [1.165, 1.54) is 0 Å². The average Bonchev–Trinajstić information content (AvgIpc) is 2.73. The van der Waals surface area contributed by atoms with Gasteiger partial charge >= 0.3 is 0 Å². The Morgan fingerprint density at radius 2 is 1.14 bits per heavy atom. The molecule has 0 fully saturated rings. The second-order valence-electron chi connectivity index (χ2n) is 5.95. The lowest BCUT2D eigenvalue weighted by Gasteiger charge is -2.25. The van der Waals surface area contributed by atoms with Gasteiger partial charge in [-0.2, -0.15) is 0 Å². The Morgan fingerprint density at radius 3 is 1.55 bits per heavy atom. The van der Waals surface area contributed by atoms with E-state index in [0.717, 1.165) is 22.5 Å². The summed E-state index contributed by atoms with van der Waals surface area (Å²) in [4.78, 5) is 29.4. The Morgan fingerprint density at radius 1 is 0.727 bits per heavy atom. The Labute approximate surface area is 129 Å². The first-order valence-corrected chi connectivity index (χ1v) is 7.41. The molecule has 2 bridgehead atoms. The summed E-state index contributed by atoms with van der Waals surface area (Å²) in [6.45, 7) is 4.96. The molecule has 2 amide bonds. The molecule has 22 heavy (non-hydrogen) atoms. The Kier molecular flexibility index (Phi) is 2.64. The van der Waals surface area contributed by atoms with Crippen LogP contribution in [0.3, 0.4) is 0 Å². The van der Waals surface area contributed by atoms with Crippen LogP contribution in [-0.2, 0) is 0 Å². The van der Waals surface area contributed by atoms with Crippen molar-refractivity contribution in [3.8, 4) is 0 Å². The Balaban J connectivity index is 2.02. The molecule has 4 nitrogen and oxygen atoms in total.